The SMILES string of the molecule is CC(C)(C)c1ccc(C(=O)NNC(=S)NC(=O)COc2ccc3ccccc3c2)cc1. The first-order chi connectivity index (χ1) is 14.7. The first-order valence-corrected chi connectivity index (χ1v) is 10.3. The summed E-state index contributed by atoms with van der Waals surface area (Å²) in [6.07, 6.45) is 0. The van der Waals surface area contributed by atoms with Crippen LogP contribution in [0.2, 0.25) is 0 Å². The highest BCUT2D eigenvalue weighted by molar-refractivity contribution is 7.80. The van der Waals surface area contributed by atoms with E-state index in [0.717, 1.165) is 16.3 Å². The Morgan fingerprint density at radius 1 is 0.903 bits per heavy atom. The first-order valence-electron chi connectivity index (χ1n) is 9.85. The molecule has 0 heterocycles. The number of rotatable bonds is 4. The number of hydrazine groups is 1. The van der Waals surface area contributed by atoms with E-state index in [2.05, 4.69) is 36.9 Å². The van der Waals surface area contributed by atoms with Gasteiger partial charge in [-0.3, -0.25) is 25.8 Å². The van der Waals surface area contributed by atoms with Gasteiger partial charge in [0.25, 0.3) is 11.8 Å². The molecule has 31 heavy (non-hydrogen) atoms. The second-order valence-electron chi connectivity index (χ2n) is 8.08. The van der Waals surface area contributed by atoms with Crippen molar-refractivity contribution in [2.75, 3.05) is 6.61 Å². The molecule has 0 aliphatic carbocycles. The second-order valence-corrected chi connectivity index (χ2v) is 8.49. The number of ether oxygens (including phenoxy) is 1. The van der Waals surface area contributed by atoms with E-state index in [1.54, 1.807) is 18.2 Å². The standard InChI is InChI=1S/C24H25N3O3S/c1-24(2,3)19-11-8-17(9-12-19)22(29)26-27-23(31)25-21(28)15-30-20-13-10-16-6-4-5-7-18(16)14-20/h4-14H,15H2,1-3H3,(H,26,29)(H2,25,27,28,31). The van der Waals surface area contributed by atoms with E-state index in [9.17, 15) is 9.59 Å². The fraction of sp³-hybridized carbons (Fsp3) is 0.208. The summed E-state index contributed by atoms with van der Waals surface area (Å²) in [4.78, 5) is 24.3. The highest BCUT2D eigenvalue weighted by Gasteiger charge is 2.14. The molecule has 3 aromatic carbocycles. The number of carbonyl (C=O) groups is 2. The average molecular weight is 436 g/mol. The summed E-state index contributed by atoms with van der Waals surface area (Å²) in [6, 6.07) is 20.8. The van der Waals surface area contributed by atoms with Crippen molar-refractivity contribution in [2.24, 2.45) is 0 Å². The molecule has 0 saturated heterocycles. The van der Waals surface area contributed by atoms with Crippen molar-refractivity contribution >= 4 is 39.9 Å². The van der Waals surface area contributed by atoms with Crippen LogP contribution in [0.1, 0.15) is 36.7 Å². The van der Waals surface area contributed by atoms with Gasteiger partial charge in [0.1, 0.15) is 5.75 Å². The number of hydrogen-bond donors (Lipinski definition) is 3. The molecule has 3 rings (SSSR count). The lowest BCUT2D eigenvalue weighted by Crippen LogP contribution is -2.49. The van der Waals surface area contributed by atoms with Gasteiger partial charge in [0.15, 0.2) is 11.7 Å². The molecule has 0 aliphatic rings. The largest absolute Gasteiger partial charge is 0.484 e. The number of amides is 2. The van der Waals surface area contributed by atoms with Crippen LogP contribution >= 0.6 is 12.2 Å². The monoisotopic (exact) mass is 435 g/mol. The molecular formula is C24H25N3O3S. The summed E-state index contributed by atoms with van der Waals surface area (Å²) < 4.78 is 5.52. The van der Waals surface area contributed by atoms with Gasteiger partial charge in [-0.1, -0.05) is 63.2 Å². The Morgan fingerprint density at radius 3 is 2.26 bits per heavy atom. The van der Waals surface area contributed by atoms with E-state index < -0.39 is 5.91 Å². The zero-order valence-electron chi connectivity index (χ0n) is 17.7. The van der Waals surface area contributed by atoms with Crippen molar-refractivity contribution < 1.29 is 14.3 Å². The highest BCUT2D eigenvalue weighted by Crippen LogP contribution is 2.22. The quantitative estimate of drug-likeness (QED) is 0.429. The van der Waals surface area contributed by atoms with Crippen molar-refractivity contribution in [3.63, 3.8) is 0 Å². The normalized spacial score (nSPS) is 10.9. The van der Waals surface area contributed by atoms with Crippen LogP contribution in [0.15, 0.2) is 66.7 Å². The van der Waals surface area contributed by atoms with Crippen molar-refractivity contribution in [3.8, 4) is 5.75 Å². The molecule has 0 spiro atoms. The molecule has 0 bridgehead atoms. The molecule has 0 fully saturated rings. The van der Waals surface area contributed by atoms with Crippen LogP contribution in [0.3, 0.4) is 0 Å². The third kappa shape index (κ3) is 6.26. The van der Waals surface area contributed by atoms with Gasteiger partial charge in [0.2, 0.25) is 0 Å². The summed E-state index contributed by atoms with van der Waals surface area (Å²) in [5, 5.41) is 4.56. The highest BCUT2D eigenvalue weighted by atomic mass is 32.1. The minimum atomic E-state index is -0.436. The van der Waals surface area contributed by atoms with Crippen LogP contribution in [0.25, 0.3) is 10.8 Å². The summed E-state index contributed by atoms with van der Waals surface area (Å²) in [7, 11) is 0. The molecular weight excluding hydrogens is 410 g/mol. The van der Waals surface area contributed by atoms with E-state index >= 15 is 0 Å². The smallest absolute Gasteiger partial charge is 0.269 e. The van der Waals surface area contributed by atoms with Crippen LogP contribution in [-0.4, -0.2) is 23.5 Å². The summed E-state index contributed by atoms with van der Waals surface area (Å²) in [5.74, 6) is -0.210. The Balaban J connectivity index is 1.44. The lowest BCUT2D eigenvalue weighted by Gasteiger charge is -2.19. The Labute approximate surface area is 187 Å². The maximum Gasteiger partial charge on any atom is 0.269 e. The molecule has 0 saturated carbocycles. The van der Waals surface area contributed by atoms with Crippen LogP contribution in [0.4, 0.5) is 0 Å². The lowest BCUT2D eigenvalue weighted by atomic mass is 9.87. The number of fused-ring (bicyclic) bond motifs is 1. The molecule has 7 heteroatoms. The predicted molar refractivity (Wildman–Crippen MR) is 126 cm³/mol. The maximum absolute atomic E-state index is 12.2. The Bertz CT molecular complexity index is 1110. The number of thiocarbonyl (C=S) groups is 1. The number of carbonyl (C=O) groups excluding carboxylic acids is 2. The van der Waals surface area contributed by atoms with Crippen molar-refractivity contribution in [1.82, 2.24) is 16.2 Å². The van der Waals surface area contributed by atoms with Crippen LogP contribution in [-0.2, 0) is 10.2 Å². The predicted octanol–water partition coefficient (Wildman–Crippen LogP) is 3.85. The lowest BCUT2D eigenvalue weighted by molar-refractivity contribution is -0.121. The summed E-state index contributed by atoms with van der Waals surface area (Å²) in [6.45, 7) is 6.11. The van der Waals surface area contributed by atoms with Crippen LogP contribution in [0.5, 0.6) is 5.75 Å². The zero-order chi connectivity index (χ0) is 22.4. The Kier molecular flexibility index (Phi) is 6.87. The number of hydrogen-bond acceptors (Lipinski definition) is 4. The molecule has 0 atom stereocenters. The fourth-order valence-electron chi connectivity index (χ4n) is 2.91. The molecule has 0 radical (unpaired) electrons. The molecule has 0 aliphatic heterocycles. The minimum Gasteiger partial charge on any atom is -0.484 e. The van der Waals surface area contributed by atoms with Gasteiger partial charge in [-0.25, -0.2) is 0 Å². The molecule has 0 unspecified atom stereocenters. The van der Waals surface area contributed by atoms with Gasteiger partial charge in [-0.05, 0) is 58.2 Å². The Hall–Kier alpha value is -3.45. The maximum atomic E-state index is 12.2. The van der Waals surface area contributed by atoms with Crippen LogP contribution in [0, 0.1) is 0 Å². The van der Waals surface area contributed by atoms with Crippen molar-refractivity contribution in [3.05, 3.63) is 77.9 Å². The van der Waals surface area contributed by atoms with Gasteiger partial charge in [-0.15, -0.1) is 0 Å². The van der Waals surface area contributed by atoms with E-state index in [1.165, 1.54) is 0 Å². The third-order valence-corrected chi connectivity index (χ3v) is 4.85. The number of nitrogens with one attached hydrogen (secondary N) is 3. The van der Waals surface area contributed by atoms with E-state index in [4.69, 9.17) is 17.0 Å². The van der Waals surface area contributed by atoms with Gasteiger partial charge in [-0.2, -0.15) is 0 Å². The zero-order valence-corrected chi connectivity index (χ0v) is 18.5. The van der Waals surface area contributed by atoms with Crippen molar-refractivity contribution in [1.29, 1.82) is 0 Å². The second kappa shape index (κ2) is 9.57. The Morgan fingerprint density at radius 2 is 1.58 bits per heavy atom. The van der Waals surface area contributed by atoms with Gasteiger partial charge >= 0.3 is 0 Å². The molecule has 6 nitrogen and oxygen atoms in total. The molecule has 2 amide bonds. The van der Waals surface area contributed by atoms with Crippen molar-refractivity contribution in [2.45, 2.75) is 26.2 Å². The summed E-state index contributed by atoms with van der Waals surface area (Å²) in [5.41, 5.74) is 6.61. The molecule has 3 aromatic rings. The minimum absolute atomic E-state index is 0.00796. The van der Waals surface area contributed by atoms with E-state index in [0.29, 0.717) is 11.3 Å². The van der Waals surface area contributed by atoms with Gasteiger partial charge in [0.05, 0.1) is 0 Å². The average Bonchev–Trinajstić information content (AvgIpc) is 2.75. The topological polar surface area (TPSA) is 79.5 Å². The summed E-state index contributed by atoms with van der Waals surface area (Å²) >= 11 is 5.05. The van der Waals surface area contributed by atoms with Gasteiger partial charge < -0.3 is 4.74 Å². The fourth-order valence-corrected chi connectivity index (χ4v) is 3.07. The van der Waals surface area contributed by atoms with Gasteiger partial charge in [0, 0.05) is 5.56 Å². The van der Waals surface area contributed by atoms with E-state index in [-0.39, 0.29) is 23.0 Å². The molecule has 3 N–H and O–H groups in total. The third-order valence-electron chi connectivity index (χ3n) is 4.65. The van der Waals surface area contributed by atoms with E-state index in [1.807, 2.05) is 48.5 Å². The number of benzene rings is 3. The molecule has 160 valence electrons. The van der Waals surface area contributed by atoms with Crippen LogP contribution < -0.4 is 20.9 Å². The first kappa shape index (κ1) is 22.2. The molecule has 0 aromatic heterocycles.